The number of hydrogen-bond acceptors (Lipinski definition) is 5. The third kappa shape index (κ3) is 3.69. The monoisotopic (exact) mass is 317 g/mol. The fourth-order valence-corrected chi connectivity index (χ4v) is 3.80. The lowest BCUT2D eigenvalue weighted by Gasteiger charge is -2.19. The van der Waals surface area contributed by atoms with Crippen molar-refractivity contribution in [2.24, 2.45) is 0 Å². The van der Waals surface area contributed by atoms with E-state index in [2.05, 4.69) is 11.7 Å². The van der Waals surface area contributed by atoms with Crippen molar-refractivity contribution in [3.63, 3.8) is 0 Å². The van der Waals surface area contributed by atoms with E-state index in [0.717, 1.165) is 8.99 Å². The van der Waals surface area contributed by atoms with E-state index in [1.165, 1.54) is 19.9 Å². The molecule has 118 valence electrons. The lowest BCUT2D eigenvalue weighted by Crippen LogP contribution is -2.34. The predicted octanol–water partition coefficient (Wildman–Crippen LogP) is -0.246. The zero-order valence-electron chi connectivity index (χ0n) is 12.0. The van der Waals surface area contributed by atoms with E-state index in [1.807, 2.05) is 0 Å². The first kappa shape index (κ1) is 17.3. The van der Waals surface area contributed by atoms with Gasteiger partial charge >= 0.3 is 5.97 Å². The summed E-state index contributed by atoms with van der Waals surface area (Å²) in [5, 5.41) is 21.8. The van der Waals surface area contributed by atoms with Gasteiger partial charge in [-0.15, -0.1) is 6.58 Å². The van der Waals surface area contributed by atoms with E-state index >= 15 is 0 Å². The maximum Gasteiger partial charge on any atom is 0.325 e. The predicted molar refractivity (Wildman–Crippen MR) is 75.4 cm³/mol. The zero-order valence-corrected chi connectivity index (χ0v) is 12.8. The van der Waals surface area contributed by atoms with Crippen LogP contribution >= 0.6 is 0 Å². The topological polar surface area (TPSA) is 113 Å². The molecule has 0 unspecified atom stereocenters. The number of carbonyl (C=O) groups is 1. The third-order valence-corrected chi connectivity index (χ3v) is 5.00. The first-order chi connectivity index (χ1) is 9.75. The summed E-state index contributed by atoms with van der Waals surface area (Å²) in [6.07, 6.45) is 1.42. The molecule has 0 bridgehead atoms. The molecule has 0 fully saturated rings. The molecule has 0 aliphatic heterocycles. The Hall–Kier alpha value is -1.71. The molecule has 0 aliphatic carbocycles. The van der Waals surface area contributed by atoms with Crippen LogP contribution in [-0.2, 0) is 21.4 Å². The van der Waals surface area contributed by atoms with Gasteiger partial charge in [-0.2, -0.15) is 9.40 Å². The summed E-state index contributed by atoms with van der Waals surface area (Å²) in [6, 6.07) is 0. The quantitative estimate of drug-likeness (QED) is 0.640. The maximum atomic E-state index is 12.6. The number of sulfonamides is 1. The summed E-state index contributed by atoms with van der Waals surface area (Å²) in [4.78, 5) is 10.7. The van der Waals surface area contributed by atoms with Crippen molar-refractivity contribution in [2.45, 2.75) is 25.3 Å². The molecule has 1 aromatic heterocycles. The van der Waals surface area contributed by atoms with Crippen molar-refractivity contribution in [1.29, 1.82) is 0 Å². The van der Waals surface area contributed by atoms with Crippen LogP contribution in [0.1, 0.15) is 11.4 Å². The van der Waals surface area contributed by atoms with Crippen LogP contribution in [0, 0.1) is 13.8 Å². The fourth-order valence-electron chi connectivity index (χ4n) is 2.03. The lowest BCUT2D eigenvalue weighted by atomic mass is 10.4. The summed E-state index contributed by atoms with van der Waals surface area (Å²) < 4.78 is 27.4. The minimum atomic E-state index is -3.88. The Labute approximate surface area is 123 Å². The van der Waals surface area contributed by atoms with Crippen LogP contribution in [0.3, 0.4) is 0 Å². The molecule has 1 heterocycles. The Morgan fingerprint density at radius 1 is 1.48 bits per heavy atom. The van der Waals surface area contributed by atoms with Crippen LogP contribution in [0.5, 0.6) is 0 Å². The normalized spacial score (nSPS) is 11.8. The van der Waals surface area contributed by atoms with Gasteiger partial charge in [0.2, 0.25) is 10.0 Å². The smallest absolute Gasteiger partial charge is 0.325 e. The highest BCUT2D eigenvalue weighted by molar-refractivity contribution is 7.89. The molecule has 1 rings (SSSR count). The lowest BCUT2D eigenvalue weighted by molar-refractivity contribution is -0.137. The van der Waals surface area contributed by atoms with Gasteiger partial charge in [-0.3, -0.25) is 9.48 Å². The number of aliphatic carboxylic acids is 1. The first-order valence-electron chi connectivity index (χ1n) is 6.23. The van der Waals surface area contributed by atoms with E-state index in [9.17, 15) is 13.2 Å². The average molecular weight is 317 g/mol. The van der Waals surface area contributed by atoms with E-state index in [1.54, 1.807) is 0 Å². The number of aliphatic hydroxyl groups is 1. The Balaban J connectivity index is 3.33. The first-order valence-corrected chi connectivity index (χ1v) is 7.67. The van der Waals surface area contributed by atoms with Crippen molar-refractivity contribution in [1.82, 2.24) is 14.1 Å². The van der Waals surface area contributed by atoms with Gasteiger partial charge < -0.3 is 10.2 Å². The van der Waals surface area contributed by atoms with Crippen LogP contribution in [0.2, 0.25) is 0 Å². The SMILES string of the molecule is C=CCN(CCO)S(=O)(=O)c1c(C)nn(CC(=O)O)c1C. The Bertz CT molecular complexity index is 636. The number of hydrogen-bond donors (Lipinski definition) is 2. The highest BCUT2D eigenvalue weighted by Crippen LogP contribution is 2.23. The Morgan fingerprint density at radius 2 is 2.10 bits per heavy atom. The maximum absolute atomic E-state index is 12.6. The summed E-state index contributed by atoms with van der Waals surface area (Å²) in [6.45, 7) is 5.73. The molecule has 0 aromatic carbocycles. The van der Waals surface area contributed by atoms with Crippen LogP contribution < -0.4 is 0 Å². The van der Waals surface area contributed by atoms with Crippen molar-refractivity contribution in [3.05, 3.63) is 24.0 Å². The summed E-state index contributed by atoms with van der Waals surface area (Å²) in [5.74, 6) is -1.11. The number of aliphatic hydroxyl groups excluding tert-OH is 1. The van der Waals surface area contributed by atoms with Gasteiger partial charge in [0.15, 0.2) is 0 Å². The molecule has 21 heavy (non-hydrogen) atoms. The number of nitrogens with zero attached hydrogens (tertiary/aromatic N) is 3. The van der Waals surface area contributed by atoms with Crippen LogP contribution in [-0.4, -0.2) is 58.4 Å². The number of aryl methyl sites for hydroxylation is 1. The highest BCUT2D eigenvalue weighted by atomic mass is 32.2. The molecular formula is C12H19N3O5S. The third-order valence-electron chi connectivity index (χ3n) is 2.88. The molecule has 9 heteroatoms. The van der Waals surface area contributed by atoms with Crippen LogP contribution in [0.15, 0.2) is 17.6 Å². The van der Waals surface area contributed by atoms with Gasteiger partial charge in [-0.25, -0.2) is 8.42 Å². The second-order valence-corrected chi connectivity index (χ2v) is 6.30. The largest absolute Gasteiger partial charge is 0.480 e. The molecule has 0 amide bonds. The van der Waals surface area contributed by atoms with Gasteiger partial charge in [0.05, 0.1) is 18.0 Å². The fraction of sp³-hybridized carbons (Fsp3) is 0.500. The van der Waals surface area contributed by atoms with Crippen molar-refractivity contribution < 1.29 is 23.4 Å². The molecular weight excluding hydrogens is 298 g/mol. The second kappa shape index (κ2) is 6.83. The Kier molecular flexibility index (Phi) is 5.64. The van der Waals surface area contributed by atoms with Gasteiger partial charge in [0.1, 0.15) is 11.4 Å². The minimum Gasteiger partial charge on any atom is -0.480 e. The average Bonchev–Trinajstić information content (AvgIpc) is 2.63. The molecule has 0 aliphatic rings. The summed E-state index contributed by atoms with van der Waals surface area (Å²) >= 11 is 0. The number of carboxylic acids is 1. The van der Waals surface area contributed by atoms with Gasteiger partial charge in [0.25, 0.3) is 0 Å². The minimum absolute atomic E-state index is 0.0287. The van der Waals surface area contributed by atoms with Gasteiger partial charge in [-0.1, -0.05) is 6.08 Å². The molecule has 1 aromatic rings. The highest BCUT2D eigenvalue weighted by Gasteiger charge is 2.30. The molecule has 0 saturated heterocycles. The zero-order chi connectivity index (χ0) is 16.2. The Morgan fingerprint density at radius 3 is 2.57 bits per heavy atom. The van der Waals surface area contributed by atoms with Crippen LogP contribution in [0.25, 0.3) is 0 Å². The van der Waals surface area contributed by atoms with Crippen LogP contribution in [0.4, 0.5) is 0 Å². The molecule has 0 saturated carbocycles. The number of rotatable bonds is 8. The molecule has 0 spiro atoms. The second-order valence-electron chi connectivity index (χ2n) is 4.43. The number of carboxylic acid groups (broad SMARTS) is 1. The van der Waals surface area contributed by atoms with Crippen molar-refractivity contribution >= 4 is 16.0 Å². The van der Waals surface area contributed by atoms with E-state index in [4.69, 9.17) is 10.2 Å². The molecule has 0 radical (unpaired) electrons. The molecule has 0 atom stereocenters. The van der Waals surface area contributed by atoms with E-state index in [0.29, 0.717) is 0 Å². The van der Waals surface area contributed by atoms with Crippen molar-refractivity contribution in [2.75, 3.05) is 19.7 Å². The standard InChI is InChI=1S/C12H19N3O5S/c1-4-5-14(6-7-16)21(19,20)12-9(2)13-15(10(12)3)8-11(17)18/h4,16H,1,5-8H2,2-3H3,(H,17,18). The van der Waals surface area contributed by atoms with Gasteiger partial charge in [0, 0.05) is 13.1 Å². The van der Waals surface area contributed by atoms with E-state index < -0.39 is 22.5 Å². The van der Waals surface area contributed by atoms with E-state index in [-0.39, 0.29) is 36.0 Å². The number of aromatic nitrogens is 2. The van der Waals surface area contributed by atoms with Crippen molar-refractivity contribution in [3.8, 4) is 0 Å². The summed E-state index contributed by atoms with van der Waals surface area (Å²) in [7, 11) is -3.88. The summed E-state index contributed by atoms with van der Waals surface area (Å²) in [5.41, 5.74) is 0.475. The van der Waals surface area contributed by atoms with Gasteiger partial charge in [-0.05, 0) is 13.8 Å². The molecule has 8 nitrogen and oxygen atoms in total. The molecule has 2 N–H and O–H groups in total.